The average molecular weight is 137 g/mol. The minimum atomic E-state index is 0.405. The molecule has 1 saturated carbocycles. The molecule has 2 rings (SSSR count). The first-order valence-corrected chi connectivity index (χ1v) is 3.31. The van der Waals surface area contributed by atoms with Gasteiger partial charge in [-0.1, -0.05) is 0 Å². The van der Waals surface area contributed by atoms with Gasteiger partial charge in [0.1, 0.15) is 12.0 Å². The Kier molecular flexibility index (Phi) is 1.09. The van der Waals surface area contributed by atoms with Crippen molar-refractivity contribution in [3.63, 3.8) is 0 Å². The van der Waals surface area contributed by atoms with Gasteiger partial charge in [0.05, 0.1) is 0 Å². The Morgan fingerprint density at radius 3 is 3.00 bits per heavy atom. The van der Waals surface area contributed by atoms with Crippen LogP contribution in [0.1, 0.15) is 35.1 Å². The molecule has 0 saturated heterocycles. The molecule has 1 fully saturated rings. The smallest absolute Gasteiger partial charge is 0.197 e. The maximum Gasteiger partial charge on any atom is 0.197 e. The Balaban J connectivity index is 2.26. The fraction of sp³-hybridized carbons (Fsp3) is 0.429. The lowest BCUT2D eigenvalue weighted by molar-refractivity contribution is 0.111. The molecule has 1 aromatic heterocycles. The van der Waals surface area contributed by atoms with Crippen LogP contribution >= 0.6 is 0 Å². The Bertz CT molecular complexity index is 250. The van der Waals surface area contributed by atoms with Crippen molar-refractivity contribution in [1.29, 1.82) is 0 Å². The summed E-state index contributed by atoms with van der Waals surface area (Å²) in [6.07, 6.45) is 4.41. The molecule has 0 bridgehead atoms. The van der Waals surface area contributed by atoms with Crippen molar-refractivity contribution in [1.82, 2.24) is 4.98 Å². The van der Waals surface area contributed by atoms with Crippen molar-refractivity contribution in [2.75, 3.05) is 0 Å². The van der Waals surface area contributed by atoms with Gasteiger partial charge in [-0.25, -0.2) is 4.98 Å². The van der Waals surface area contributed by atoms with Crippen LogP contribution in [0.2, 0.25) is 0 Å². The molecule has 0 aliphatic heterocycles. The quantitative estimate of drug-likeness (QED) is 0.578. The lowest BCUT2D eigenvalue weighted by Crippen LogP contribution is -1.80. The van der Waals surface area contributed by atoms with E-state index in [0.717, 1.165) is 18.7 Å². The summed E-state index contributed by atoms with van der Waals surface area (Å²) >= 11 is 0. The number of rotatable bonds is 2. The van der Waals surface area contributed by atoms with Crippen molar-refractivity contribution in [3.8, 4) is 0 Å². The molecule has 0 atom stereocenters. The zero-order chi connectivity index (χ0) is 6.97. The number of carbonyl (C=O) groups excluding carboxylic acids is 1. The number of aldehydes is 1. The van der Waals surface area contributed by atoms with Crippen molar-refractivity contribution < 1.29 is 9.21 Å². The first-order valence-electron chi connectivity index (χ1n) is 3.31. The van der Waals surface area contributed by atoms with Gasteiger partial charge in [-0.3, -0.25) is 4.79 Å². The Morgan fingerprint density at radius 2 is 2.50 bits per heavy atom. The van der Waals surface area contributed by atoms with Gasteiger partial charge in [-0.15, -0.1) is 0 Å². The van der Waals surface area contributed by atoms with E-state index in [-0.39, 0.29) is 0 Å². The van der Waals surface area contributed by atoms with Crippen LogP contribution in [0.5, 0.6) is 0 Å². The number of aromatic nitrogens is 1. The molecule has 1 aromatic rings. The van der Waals surface area contributed by atoms with Crippen molar-refractivity contribution in [2.24, 2.45) is 0 Å². The zero-order valence-corrected chi connectivity index (χ0v) is 5.41. The largest absolute Gasteiger partial charge is 0.448 e. The summed E-state index contributed by atoms with van der Waals surface area (Å²) in [4.78, 5) is 14.1. The predicted molar refractivity (Wildman–Crippen MR) is 33.9 cm³/mol. The Hall–Kier alpha value is -1.12. The Labute approximate surface area is 58.1 Å². The lowest BCUT2D eigenvalue weighted by Gasteiger charge is -1.81. The second-order valence-corrected chi connectivity index (χ2v) is 2.50. The molecule has 0 N–H and O–H groups in total. The van der Waals surface area contributed by atoms with Gasteiger partial charge in [0.25, 0.3) is 0 Å². The van der Waals surface area contributed by atoms with E-state index in [9.17, 15) is 4.79 Å². The van der Waals surface area contributed by atoms with Gasteiger partial charge in [0.2, 0.25) is 0 Å². The highest BCUT2D eigenvalue weighted by molar-refractivity contribution is 5.70. The number of carbonyl (C=O) groups is 1. The van der Waals surface area contributed by atoms with E-state index >= 15 is 0 Å². The number of oxazole rings is 1. The minimum absolute atomic E-state index is 0.405. The highest BCUT2D eigenvalue weighted by Gasteiger charge is 2.28. The van der Waals surface area contributed by atoms with Crippen LogP contribution < -0.4 is 0 Å². The van der Waals surface area contributed by atoms with E-state index in [1.807, 2.05) is 0 Å². The van der Waals surface area contributed by atoms with Crippen molar-refractivity contribution >= 4 is 6.29 Å². The first-order chi connectivity index (χ1) is 4.90. The summed E-state index contributed by atoms with van der Waals surface area (Å²) in [6.45, 7) is 0. The third-order valence-electron chi connectivity index (χ3n) is 1.59. The normalized spacial score (nSPS) is 17.2. The molecule has 1 aliphatic carbocycles. The molecule has 10 heavy (non-hydrogen) atoms. The molecule has 0 aromatic carbocycles. The van der Waals surface area contributed by atoms with Crippen LogP contribution in [-0.4, -0.2) is 11.3 Å². The van der Waals surface area contributed by atoms with Crippen molar-refractivity contribution in [3.05, 3.63) is 17.8 Å². The molecule has 0 spiro atoms. The average Bonchev–Trinajstić information content (AvgIpc) is 2.70. The third-order valence-corrected chi connectivity index (χ3v) is 1.59. The molecule has 0 radical (unpaired) electrons. The van der Waals surface area contributed by atoms with Gasteiger partial charge < -0.3 is 4.42 Å². The third kappa shape index (κ3) is 0.835. The second kappa shape index (κ2) is 1.94. The topological polar surface area (TPSA) is 43.1 Å². The summed E-state index contributed by atoms with van der Waals surface area (Å²) in [7, 11) is 0. The molecule has 0 unspecified atom stereocenters. The molecule has 0 amide bonds. The highest BCUT2D eigenvalue weighted by atomic mass is 16.3. The van der Waals surface area contributed by atoms with Gasteiger partial charge in [-0.05, 0) is 12.8 Å². The summed E-state index contributed by atoms with van der Waals surface area (Å²) < 4.78 is 5.04. The molecule has 3 heteroatoms. The van der Waals surface area contributed by atoms with E-state index in [1.165, 1.54) is 6.26 Å². The molecule has 1 heterocycles. The van der Waals surface area contributed by atoms with Gasteiger partial charge in [-0.2, -0.15) is 0 Å². The lowest BCUT2D eigenvalue weighted by atomic mass is 10.4. The highest BCUT2D eigenvalue weighted by Crippen LogP contribution is 2.39. The van der Waals surface area contributed by atoms with Crippen LogP contribution in [0.25, 0.3) is 0 Å². The summed E-state index contributed by atoms with van der Waals surface area (Å²) in [5.41, 5.74) is 0.405. The first kappa shape index (κ1) is 5.65. The summed E-state index contributed by atoms with van der Waals surface area (Å²) in [5.74, 6) is 1.22. The van der Waals surface area contributed by atoms with E-state index in [0.29, 0.717) is 17.9 Å². The van der Waals surface area contributed by atoms with Crippen LogP contribution in [0.15, 0.2) is 10.7 Å². The minimum Gasteiger partial charge on any atom is -0.448 e. The molecule has 52 valence electrons. The van der Waals surface area contributed by atoms with E-state index in [4.69, 9.17) is 4.42 Å². The zero-order valence-electron chi connectivity index (χ0n) is 5.41. The monoisotopic (exact) mass is 137 g/mol. The van der Waals surface area contributed by atoms with E-state index in [1.54, 1.807) is 0 Å². The van der Waals surface area contributed by atoms with Crippen molar-refractivity contribution in [2.45, 2.75) is 18.8 Å². The van der Waals surface area contributed by atoms with Crippen LogP contribution in [0.3, 0.4) is 0 Å². The number of hydrogen-bond acceptors (Lipinski definition) is 3. The standard InChI is InChI=1S/C7H7NO2/c9-3-6-4-10-7(8-6)5-1-2-5/h3-5H,1-2H2. The SMILES string of the molecule is O=Cc1coc(C2CC2)n1. The van der Waals surface area contributed by atoms with Gasteiger partial charge in [0, 0.05) is 5.92 Å². The van der Waals surface area contributed by atoms with Crippen LogP contribution in [0.4, 0.5) is 0 Å². The molecule has 3 nitrogen and oxygen atoms in total. The maximum atomic E-state index is 10.1. The van der Waals surface area contributed by atoms with Crippen LogP contribution in [-0.2, 0) is 0 Å². The van der Waals surface area contributed by atoms with Crippen LogP contribution in [0, 0.1) is 0 Å². The Morgan fingerprint density at radius 1 is 1.70 bits per heavy atom. The summed E-state index contributed by atoms with van der Waals surface area (Å²) in [6, 6.07) is 0. The van der Waals surface area contributed by atoms with Gasteiger partial charge >= 0.3 is 0 Å². The molecule has 1 aliphatic rings. The van der Waals surface area contributed by atoms with E-state index in [2.05, 4.69) is 4.98 Å². The summed E-state index contributed by atoms with van der Waals surface area (Å²) in [5, 5.41) is 0. The second-order valence-electron chi connectivity index (χ2n) is 2.50. The molecular formula is C7H7NO2. The fourth-order valence-electron chi connectivity index (χ4n) is 0.873. The maximum absolute atomic E-state index is 10.1. The van der Waals surface area contributed by atoms with E-state index < -0.39 is 0 Å². The number of hydrogen-bond donors (Lipinski definition) is 0. The van der Waals surface area contributed by atoms with Gasteiger partial charge in [0.15, 0.2) is 12.2 Å². The fourth-order valence-corrected chi connectivity index (χ4v) is 0.873. The molecular weight excluding hydrogens is 130 g/mol. The predicted octanol–water partition coefficient (Wildman–Crippen LogP) is 1.36. The number of nitrogens with zero attached hydrogens (tertiary/aromatic N) is 1.